The molecule has 2 aliphatic rings. The molecular weight excluding hydrogens is 276 g/mol. The van der Waals surface area contributed by atoms with Gasteiger partial charge in [-0.05, 0) is 19.8 Å². The Morgan fingerprint density at radius 2 is 2.25 bits per heavy atom. The summed E-state index contributed by atoms with van der Waals surface area (Å²) in [6.07, 6.45) is 3.02. The van der Waals surface area contributed by atoms with Crippen LogP contribution in [0.4, 0.5) is 0 Å². The first-order valence-corrected chi connectivity index (χ1v) is 7.77. The zero-order chi connectivity index (χ0) is 14.1. The van der Waals surface area contributed by atoms with Crippen molar-refractivity contribution >= 4 is 11.6 Å². The van der Waals surface area contributed by atoms with Crippen molar-refractivity contribution in [3.63, 3.8) is 0 Å². The van der Waals surface area contributed by atoms with E-state index in [0.717, 1.165) is 55.2 Å². The van der Waals surface area contributed by atoms with Gasteiger partial charge in [0.15, 0.2) is 0 Å². The molecule has 0 spiro atoms. The van der Waals surface area contributed by atoms with Gasteiger partial charge in [-0.1, -0.05) is 11.6 Å². The van der Waals surface area contributed by atoms with E-state index in [1.54, 1.807) is 4.68 Å². The van der Waals surface area contributed by atoms with Crippen LogP contribution in [0.2, 0.25) is 5.15 Å². The third-order valence-corrected chi connectivity index (χ3v) is 4.65. The summed E-state index contributed by atoms with van der Waals surface area (Å²) in [4.78, 5) is 2.57. The van der Waals surface area contributed by atoms with Crippen LogP contribution in [0.1, 0.15) is 24.1 Å². The van der Waals surface area contributed by atoms with Crippen molar-refractivity contribution in [2.75, 3.05) is 26.2 Å². The third-order valence-electron chi connectivity index (χ3n) is 4.18. The fourth-order valence-electron chi connectivity index (χ4n) is 2.87. The molecule has 1 saturated carbocycles. The fourth-order valence-corrected chi connectivity index (χ4v) is 3.11. The maximum atomic E-state index is 6.23. The minimum absolute atomic E-state index is 0.292. The number of rotatable bonds is 5. The third kappa shape index (κ3) is 3.17. The van der Waals surface area contributed by atoms with Gasteiger partial charge in [0, 0.05) is 44.8 Å². The highest BCUT2D eigenvalue weighted by molar-refractivity contribution is 6.30. The molecule has 0 amide bonds. The zero-order valence-corrected chi connectivity index (χ0v) is 13.0. The van der Waals surface area contributed by atoms with Crippen LogP contribution >= 0.6 is 11.6 Å². The van der Waals surface area contributed by atoms with Crippen LogP contribution in [0, 0.1) is 6.92 Å². The molecule has 0 unspecified atom stereocenters. The highest BCUT2D eigenvalue weighted by atomic mass is 35.5. The van der Waals surface area contributed by atoms with E-state index in [9.17, 15) is 0 Å². The summed E-state index contributed by atoms with van der Waals surface area (Å²) >= 11 is 6.23. The summed E-state index contributed by atoms with van der Waals surface area (Å²) in [5, 5.41) is 8.50. The lowest BCUT2D eigenvalue weighted by atomic mass is 10.2. The molecule has 1 aliphatic carbocycles. The summed E-state index contributed by atoms with van der Waals surface area (Å²) in [6.45, 7) is 6.62. The molecule has 2 fully saturated rings. The molecule has 0 radical (unpaired) electrons. The number of aryl methyl sites for hydroxylation is 2. The topological polar surface area (TPSA) is 42.3 Å². The zero-order valence-electron chi connectivity index (χ0n) is 12.2. The van der Waals surface area contributed by atoms with Crippen molar-refractivity contribution in [1.29, 1.82) is 0 Å². The molecular formula is C14H23ClN4O. The highest BCUT2D eigenvalue weighted by Gasteiger charge is 2.32. The number of halogens is 1. The van der Waals surface area contributed by atoms with Gasteiger partial charge < -0.3 is 10.1 Å². The molecule has 5 nitrogen and oxygen atoms in total. The van der Waals surface area contributed by atoms with Crippen molar-refractivity contribution in [3.05, 3.63) is 16.4 Å². The lowest BCUT2D eigenvalue weighted by molar-refractivity contribution is -0.0301. The van der Waals surface area contributed by atoms with Crippen molar-refractivity contribution in [2.24, 2.45) is 7.05 Å². The molecule has 1 saturated heterocycles. The maximum absolute atomic E-state index is 6.23. The van der Waals surface area contributed by atoms with E-state index in [-0.39, 0.29) is 0 Å². The summed E-state index contributed by atoms with van der Waals surface area (Å²) in [6, 6.07) is 0.830. The summed E-state index contributed by atoms with van der Waals surface area (Å²) in [5.41, 5.74) is 2.08. The number of hydrogen-bond acceptors (Lipinski definition) is 4. The van der Waals surface area contributed by atoms with E-state index in [1.165, 1.54) is 12.8 Å². The Labute approximate surface area is 125 Å². The second-order valence-corrected chi connectivity index (χ2v) is 6.19. The molecule has 6 heteroatoms. The van der Waals surface area contributed by atoms with E-state index in [0.29, 0.717) is 6.10 Å². The second-order valence-electron chi connectivity index (χ2n) is 5.83. The van der Waals surface area contributed by atoms with Gasteiger partial charge in [0.25, 0.3) is 0 Å². The van der Waals surface area contributed by atoms with E-state index >= 15 is 0 Å². The molecule has 2 heterocycles. The molecule has 1 aliphatic heterocycles. The van der Waals surface area contributed by atoms with Crippen molar-refractivity contribution in [1.82, 2.24) is 20.0 Å². The maximum Gasteiger partial charge on any atom is 0.131 e. The van der Waals surface area contributed by atoms with Gasteiger partial charge in [-0.2, -0.15) is 5.10 Å². The lowest BCUT2D eigenvalue weighted by Gasteiger charge is -2.33. The van der Waals surface area contributed by atoms with Crippen LogP contribution < -0.4 is 5.32 Å². The smallest absolute Gasteiger partial charge is 0.131 e. The second kappa shape index (κ2) is 6.02. The van der Waals surface area contributed by atoms with Gasteiger partial charge in [0.1, 0.15) is 5.15 Å². The monoisotopic (exact) mass is 298 g/mol. The number of hydrogen-bond donors (Lipinski definition) is 1. The molecule has 1 aromatic heterocycles. The van der Waals surface area contributed by atoms with E-state index in [2.05, 4.69) is 15.3 Å². The summed E-state index contributed by atoms with van der Waals surface area (Å²) in [7, 11) is 1.87. The first-order chi connectivity index (χ1) is 9.65. The molecule has 1 atom stereocenters. The SMILES string of the molecule is Cc1nn(C)c(Cl)c1CNC[C@@H]1CN(C2CC2)CCO1. The van der Waals surface area contributed by atoms with Gasteiger partial charge in [0.2, 0.25) is 0 Å². The quantitative estimate of drug-likeness (QED) is 0.891. The van der Waals surface area contributed by atoms with Gasteiger partial charge in [-0.15, -0.1) is 0 Å². The van der Waals surface area contributed by atoms with Crippen molar-refractivity contribution in [2.45, 2.75) is 38.5 Å². The van der Waals surface area contributed by atoms with Gasteiger partial charge in [-0.25, -0.2) is 0 Å². The average Bonchev–Trinajstić information content (AvgIpc) is 3.24. The van der Waals surface area contributed by atoms with E-state index in [4.69, 9.17) is 16.3 Å². The first kappa shape index (κ1) is 14.3. The minimum Gasteiger partial charge on any atom is -0.374 e. The summed E-state index contributed by atoms with van der Waals surface area (Å²) in [5.74, 6) is 0. The Morgan fingerprint density at radius 1 is 1.45 bits per heavy atom. The standard InChI is InChI=1S/C14H23ClN4O/c1-10-13(14(15)18(2)17-10)8-16-7-12-9-19(5-6-20-12)11-3-4-11/h11-12,16H,3-9H2,1-2H3/t12-/m1/s1. The van der Waals surface area contributed by atoms with Crippen LogP contribution in [0.15, 0.2) is 0 Å². The Kier molecular flexibility index (Phi) is 4.31. The van der Waals surface area contributed by atoms with Crippen molar-refractivity contribution in [3.8, 4) is 0 Å². The van der Waals surface area contributed by atoms with Crippen LogP contribution in [0.25, 0.3) is 0 Å². The van der Waals surface area contributed by atoms with Crippen LogP contribution in [-0.4, -0.2) is 53.1 Å². The first-order valence-electron chi connectivity index (χ1n) is 7.39. The number of nitrogens with one attached hydrogen (secondary N) is 1. The van der Waals surface area contributed by atoms with Gasteiger partial charge in [-0.3, -0.25) is 9.58 Å². The van der Waals surface area contributed by atoms with E-state index in [1.807, 2.05) is 14.0 Å². The molecule has 1 N–H and O–H groups in total. The predicted octanol–water partition coefficient (Wildman–Crippen LogP) is 1.33. The van der Waals surface area contributed by atoms with Gasteiger partial charge >= 0.3 is 0 Å². The summed E-state index contributed by atoms with van der Waals surface area (Å²) < 4.78 is 7.55. The predicted molar refractivity (Wildman–Crippen MR) is 79.0 cm³/mol. The van der Waals surface area contributed by atoms with Crippen LogP contribution in [-0.2, 0) is 18.3 Å². The Balaban J connectivity index is 1.47. The molecule has 112 valence electrons. The molecule has 3 rings (SSSR count). The molecule has 20 heavy (non-hydrogen) atoms. The average molecular weight is 299 g/mol. The van der Waals surface area contributed by atoms with Gasteiger partial charge in [0.05, 0.1) is 18.4 Å². The number of ether oxygens (including phenoxy) is 1. The Morgan fingerprint density at radius 3 is 2.90 bits per heavy atom. The molecule has 1 aromatic rings. The van der Waals surface area contributed by atoms with E-state index < -0.39 is 0 Å². The fraction of sp³-hybridized carbons (Fsp3) is 0.786. The highest BCUT2D eigenvalue weighted by Crippen LogP contribution is 2.28. The lowest BCUT2D eigenvalue weighted by Crippen LogP contribution is -2.47. The van der Waals surface area contributed by atoms with Crippen LogP contribution in [0.3, 0.4) is 0 Å². The number of aromatic nitrogens is 2. The number of morpholine rings is 1. The largest absolute Gasteiger partial charge is 0.374 e. The molecule has 0 bridgehead atoms. The van der Waals surface area contributed by atoms with Crippen LogP contribution in [0.5, 0.6) is 0 Å². The molecule has 0 aromatic carbocycles. The number of nitrogens with zero attached hydrogens (tertiary/aromatic N) is 3. The van der Waals surface area contributed by atoms with Crippen molar-refractivity contribution < 1.29 is 4.74 Å². The minimum atomic E-state index is 0.292. The Bertz CT molecular complexity index is 472. The Hall–Kier alpha value is -0.620. The normalized spacial score (nSPS) is 24.2.